The molecular weight excluding hydrogens is 432 g/mol. The van der Waals surface area contributed by atoms with E-state index in [0.29, 0.717) is 19.5 Å². The van der Waals surface area contributed by atoms with Crippen molar-refractivity contribution >= 4 is 34.9 Å². The Labute approximate surface area is 193 Å². The second-order valence-corrected chi connectivity index (χ2v) is 10.8. The summed E-state index contributed by atoms with van der Waals surface area (Å²) in [5, 5.41) is 3.98. The Bertz CT molecular complexity index is 779. The van der Waals surface area contributed by atoms with E-state index in [1.807, 2.05) is 55.8 Å². The highest BCUT2D eigenvalue weighted by atomic mass is 32.1. The van der Waals surface area contributed by atoms with Crippen LogP contribution >= 0.6 is 22.7 Å². The standard InChI is InChI=1S/C23H34N2O4S2/c1-7-8-13-23(5,24(6)20(26)28-22(2,3)4)29-21(27)25(16-18-11-9-14-30-18)17-19-12-10-15-31-19/h9-12,14-15H,7-8,13,16-17H2,1-6H3/t23-/m0/s1. The van der Waals surface area contributed by atoms with E-state index in [1.165, 1.54) is 4.90 Å². The molecule has 0 unspecified atom stereocenters. The van der Waals surface area contributed by atoms with Gasteiger partial charge in [-0.1, -0.05) is 25.5 Å². The van der Waals surface area contributed by atoms with Crippen LogP contribution in [0, 0.1) is 0 Å². The van der Waals surface area contributed by atoms with E-state index < -0.39 is 23.5 Å². The van der Waals surface area contributed by atoms with Gasteiger partial charge in [0.1, 0.15) is 5.60 Å². The highest BCUT2D eigenvalue weighted by Crippen LogP contribution is 2.27. The van der Waals surface area contributed by atoms with Crippen LogP contribution in [0.4, 0.5) is 9.59 Å². The lowest BCUT2D eigenvalue weighted by molar-refractivity contribution is -0.104. The summed E-state index contributed by atoms with van der Waals surface area (Å²) < 4.78 is 11.5. The van der Waals surface area contributed by atoms with Crippen LogP contribution in [0.15, 0.2) is 35.0 Å². The summed E-state index contributed by atoms with van der Waals surface area (Å²) in [4.78, 5) is 31.3. The number of hydrogen-bond donors (Lipinski definition) is 0. The number of unbranched alkanes of at least 4 members (excludes halogenated alkanes) is 1. The van der Waals surface area contributed by atoms with E-state index in [2.05, 4.69) is 6.92 Å². The molecule has 1 atom stereocenters. The Morgan fingerprint density at radius 2 is 1.48 bits per heavy atom. The fraction of sp³-hybridized carbons (Fsp3) is 0.565. The third-order valence-corrected chi connectivity index (χ3v) is 6.51. The first-order valence-corrected chi connectivity index (χ1v) is 12.3. The maximum atomic E-state index is 13.3. The second kappa shape index (κ2) is 11.0. The molecule has 8 heteroatoms. The lowest BCUT2D eigenvalue weighted by Crippen LogP contribution is -2.53. The molecule has 0 aliphatic rings. The van der Waals surface area contributed by atoms with Crippen molar-refractivity contribution in [3.63, 3.8) is 0 Å². The largest absolute Gasteiger partial charge is 0.444 e. The molecule has 0 fully saturated rings. The third-order valence-electron chi connectivity index (χ3n) is 4.79. The Morgan fingerprint density at radius 3 is 1.90 bits per heavy atom. The molecule has 0 saturated heterocycles. The predicted octanol–water partition coefficient (Wildman–Crippen LogP) is 6.72. The van der Waals surface area contributed by atoms with Crippen LogP contribution in [0.3, 0.4) is 0 Å². The summed E-state index contributed by atoms with van der Waals surface area (Å²) in [5.41, 5.74) is -1.75. The molecule has 0 aliphatic heterocycles. The van der Waals surface area contributed by atoms with Crippen molar-refractivity contribution < 1.29 is 19.1 Å². The van der Waals surface area contributed by atoms with Crippen molar-refractivity contribution in [2.24, 2.45) is 0 Å². The molecule has 0 N–H and O–H groups in total. The molecule has 2 amide bonds. The molecule has 2 aromatic rings. The SMILES string of the molecule is CCCC[C@](C)(OC(=O)N(Cc1cccs1)Cc1cccs1)N(C)C(=O)OC(C)(C)C. The maximum absolute atomic E-state index is 13.3. The highest BCUT2D eigenvalue weighted by Gasteiger charge is 2.39. The number of nitrogens with zero attached hydrogens (tertiary/aromatic N) is 2. The minimum atomic E-state index is -1.11. The van der Waals surface area contributed by atoms with E-state index in [0.717, 1.165) is 22.6 Å². The van der Waals surface area contributed by atoms with Gasteiger partial charge in [0.25, 0.3) is 0 Å². The molecule has 2 heterocycles. The topological polar surface area (TPSA) is 59.1 Å². The minimum Gasteiger partial charge on any atom is -0.444 e. The minimum absolute atomic E-state index is 0.448. The van der Waals surface area contributed by atoms with Gasteiger partial charge in [-0.05, 0) is 57.0 Å². The van der Waals surface area contributed by atoms with Crippen LogP contribution in [-0.4, -0.2) is 40.4 Å². The summed E-state index contributed by atoms with van der Waals surface area (Å²) in [7, 11) is 1.62. The van der Waals surface area contributed by atoms with Crippen LogP contribution in [0.2, 0.25) is 0 Å². The van der Waals surface area contributed by atoms with Crippen molar-refractivity contribution in [1.29, 1.82) is 0 Å². The first-order valence-electron chi connectivity index (χ1n) is 10.5. The molecule has 31 heavy (non-hydrogen) atoms. The number of thiophene rings is 2. The number of ether oxygens (including phenoxy) is 2. The molecule has 2 aromatic heterocycles. The number of hydrogen-bond acceptors (Lipinski definition) is 6. The molecule has 2 rings (SSSR count). The zero-order chi connectivity index (χ0) is 23.1. The Morgan fingerprint density at radius 1 is 0.935 bits per heavy atom. The van der Waals surface area contributed by atoms with Gasteiger partial charge in [0.15, 0.2) is 5.72 Å². The number of rotatable bonds is 9. The van der Waals surface area contributed by atoms with Crippen molar-refractivity contribution in [3.8, 4) is 0 Å². The van der Waals surface area contributed by atoms with Crippen molar-refractivity contribution in [1.82, 2.24) is 9.80 Å². The maximum Gasteiger partial charge on any atom is 0.413 e. The van der Waals surface area contributed by atoms with Gasteiger partial charge in [0, 0.05) is 23.2 Å². The van der Waals surface area contributed by atoms with E-state index in [4.69, 9.17) is 9.47 Å². The van der Waals surface area contributed by atoms with Gasteiger partial charge in [-0.3, -0.25) is 9.80 Å². The molecule has 0 spiro atoms. The van der Waals surface area contributed by atoms with Gasteiger partial charge < -0.3 is 9.47 Å². The summed E-state index contributed by atoms with van der Waals surface area (Å²) in [5.74, 6) is 0. The van der Waals surface area contributed by atoms with Crippen LogP contribution in [0.1, 0.15) is 63.6 Å². The zero-order valence-corrected chi connectivity index (χ0v) is 21.0. The van der Waals surface area contributed by atoms with Gasteiger partial charge >= 0.3 is 12.2 Å². The Hall–Kier alpha value is -2.06. The second-order valence-electron chi connectivity index (χ2n) is 8.70. The van der Waals surface area contributed by atoms with E-state index in [1.54, 1.807) is 41.5 Å². The van der Waals surface area contributed by atoms with Crippen LogP contribution in [-0.2, 0) is 22.6 Å². The smallest absolute Gasteiger partial charge is 0.413 e. The summed E-state index contributed by atoms with van der Waals surface area (Å²) in [6.45, 7) is 10.2. The fourth-order valence-corrected chi connectivity index (χ4v) is 4.37. The molecule has 0 aromatic carbocycles. The Balaban J connectivity index is 2.22. The fourth-order valence-electron chi connectivity index (χ4n) is 2.93. The normalized spacial score (nSPS) is 13.4. The van der Waals surface area contributed by atoms with E-state index >= 15 is 0 Å². The van der Waals surface area contributed by atoms with Gasteiger partial charge in [0.2, 0.25) is 0 Å². The van der Waals surface area contributed by atoms with Gasteiger partial charge in [-0.2, -0.15) is 0 Å². The van der Waals surface area contributed by atoms with Crippen molar-refractivity contribution in [2.45, 2.75) is 78.3 Å². The van der Waals surface area contributed by atoms with Gasteiger partial charge in [0.05, 0.1) is 13.1 Å². The Kier molecular flexibility index (Phi) is 8.94. The summed E-state index contributed by atoms with van der Waals surface area (Å²) in [6, 6.07) is 7.94. The molecule has 0 aliphatic carbocycles. The molecule has 172 valence electrons. The quantitative estimate of drug-likeness (QED) is 0.385. The zero-order valence-electron chi connectivity index (χ0n) is 19.3. The van der Waals surface area contributed by atoms with Crippen LogP contribution in [0.25, 0.3) is 0 Å². The van der Waals surface area contributed by atoms with Crippen LogP contribution < -0.4 is 0 Å². The van der Waals surface area contributed by atoms with Crippen LogP contribution in [0.5, 0.6) is 0 Å². The lowest BCUT2D eigenvalue weighted by Gasteiger charge is -2.39. The van der Waals surface area contributed by atoms with E-state index in [-0.39, 0.29) is 0 Å². The van der Waals surface area contributed by atoms with Gasteiger partial charge in [-0.25, -0.2) is 9.59 Å². The number of carbonyl (C=O) groups is 2. The van der Waals surface area contributed by atoms with Crippen molar-refractivity contribution in [2.75, 3.05) is 7.05 Å². The molecule has 6 nitrogen and oxygen atoms in total. The summed E-state index contributed by atoms with van der Waals surface area (Å²) >= 11 is 3.20. The van der Waals surface area contributed by atoms with Gasteiger partial charge in [-0.15, -0.1) is 22.7 Å². The monoisotopic (exact) mass is 466 g/mol. The molecule has 0 bridgehead atoms. The number of amides is 2. The number of carbonyl (C=O) groups excluding carboxylic acids is 2. The average Bonchev–Trinajstić information content (AvgIpc) is 3.38. The predicted molar refractivity (Wildman–Crippen MR) is 126 cm³/mol. The lowest BCUT2D eigenvalue weighted by atomic mass is 10.1. The van der Waals surface area contributed by atoms with E-state index in [9.17, 15) is 9.59 Å². The first kappa shape index (κ1) is 25.2. The first-order chi connectivity index (χ1) is 14.5. The molecule has 0 saturated carbocycles. The summed E-state index contributed by atoms with van der Waals surface area (Å²) in [6.07, 6.45) is 1.30. The van der Waals surface area contributed by atoms with Crippen molar-refractivity contribution in [3.05, 3.63) is 44.8 Å². The molecular formula is C23H34N2O4S2. The third kappa shape index (κ3) is 7.85. The molecule has 0 radical (unpaired) electrons. The highest BCUT2D eigenvalue weighted by molar-refractivity contribution is 7.10. The average molecular weight is 467 g/mol.